The molecule has 1 heterocycles. The van der Waals surface area contributed by atoms with E-state index in [4.69, 9.17) is 4.74 Å². The number of methoxy groups -OCH3 is 1. The van der Waals surface area contributed by atoms with Gasteiger partial charge in [-0.2, -0.15) is 0 Å². The lowest BCUT2D eigenvalue weighted by Crippen LogP contribution is -2.19. The van der Waals surface area contributed by atoms with Crippen LogP contribution in [0.2, 0.25) is 0 Å². The number of nitrogens with zero attached hydrogens (tertiary/aromatic N) is 3. The van der Waals surface area contributed by atoms with Crippen molar-refractivity contribution in [2.45, 2.75) is 13.1 Å². The molecule has 0 aliphatic heterocycles. The molecule has 2 aromatic rings. The van der Waals surface area contributed by atoms with Gasteiger partial charge in [-0.25, -0.2) is 4.98 Å². The lowest BCUT2D eigenvalue weighted by atomic mass is 10.2. The van der Waals surface area contributed by atoms with Gasteiger partial charge in [0, 0.05) is 38.1 Å². The van der Waals surface area contributed by atoms with Gasteiger partial charge in [-0.1, -0.05) is 6.07 Å². The highest BCUT2D eigenvalue weighted by Gasteiger charge is 2.14. The Morgan fingerprint density at radius 2 is 2.35 bits per heavy atom. The maximum Gasteiger partial charge on any atom is 0.311 e. The van der Waals surface area contributed by atoms with Crippen molar-refractivity contribution in [1.82, 2.24) is 14.9 Å². The zero-order valence-corrected chi connectivity index (χ0v) is 11.2. The van der Waals surface area contributed by atoms with Crippen molar-refractivity contribution < 1.29 is 9.66 Å². The van der Waals surface area contributed by atoms with Gasteiger partial charge in [-0.05, 0) is 11.6 Å². The van der Waals surface area contributed by atoms with Crippen LogP contribution in [0, 0.1) is 10.1 Å². The maximum atomic E-state index is 10.9. The van der Waals surface area contributed by atoms with Crippen LogP contribution in [0.3, 0.4) is 0 Å². The molecule has 0 spiro atoms. The topological polar surface area (TPSA) is 82.2 Å². The minimum atomic E-state index is -0.437. The SMILES string of the molecule is COc1ccc(CNCCn2ccnc2)cc1[N+](=O)[O-]. The van der Waals surface area contributed by atoms with Crippen LogP contribution in [0.25, 0.3) is 0 Å². The number of hydrogen-bond donors (Lipinski definition) is 1. The van der Waals surface area contributed by atoms with Gasteiger partial charge in [0.25, 0.3) is 0 Å². The van der Waals surface area contributed by atoms with Gasteiger partial charge in [-0.3, -0.25) is 10.1 Å². The Balaban J connectivity index is 1.89. The molecule has 0 fully saturated rings. The molecule has 1 N–H and O–H groups in total. The fraction of sp³-hybridized carbons (Fsp3) is 0.308. The molecule has 7 heteroatoms. The van der Waals surface area contributed by atoms with Crippen molar-refractivity contribution >= 4 is 5.69 Å². The smallest absolute Gasteiger partial charge is 0.311 e. The van der Waals surface area contributed by atoms with Gasteiger partial charge in [0.15, 0.2) is 5.75 Å². The van der Waals surface area contributed by atoms with E-state index in [1.165, 1.54) is 13.2 Å². The van der Waals surface area contributed by atoms with Crippen LogP contribution in [0.1, 0.15) is 5.56 Å². The van der Waals surface area contributed by atoms with E-state index in [9.17, 15) is 10.1 Å². The summed E-state index contributed by atoms with van der Waals surface area (Å²) in [5.41, 5.74) is 0.838. The van der Waals surface area contributed by atoms with Gasteiger partial charge in [0.2, 0.25) is 0 Å². The number of ether oxygens (including phenoxy) is 1. The molecule has 0 bridgehead atoms. The Morgan fingerprint density at radius 3 is 3.00 bits per heavy atom. The molecule has 0 aliphatic carbocycles. The lowest BCUT2D eigenvalue weighted by molar-refractivity contribution is -0.385. The van der Waals surface area contributed by atoms with Crippen molar-refractivity contribution in [3.8, 4) is 5.75 Å². The van der Waals surface area contributed by atoms with Crippen molar-refractivity contribution in [2.24, 2.45) is 0 Å². The molecule has 2 rings (SSSR count). The molecule has 1 aromatic carbocycles. The highest BCUT2D eigenvalue weighted by molar-refractivity contribution is 5.48. The minimum Gasteiger partial charge on any atom is -0.490 e. The van der Waals surface area contributed by atoms with Crippen LogP contribution >= 0.6 is 0 Å². The first kappa shape index (κ1) is 14.0. The molecular formula is C13H16N4O3. The summed E-state index contributed by atoms with van der Waals surface area (Å²) < 4.78 is 6.93. The molecule has 0 radical (unpaired) electrons. The Hall–Kier alpha value is -2.41. The summed E-state index contributed by atoms with van der Waals surface area (Å²) in [5, 5.41) is 14.1. The summed E-state index contributed by atoms with van der Waals surface area (Å²) in [5.74, 6) is 0.275. The second-order valence-corrected chi connectivity index (χ2v) is 4.24. The predicted molar refractivity (Wildman–Crippen MR) is 73.6 cm³/mol. The molecule has 0 atom stereocenters. The highest BCUT2D eigenvalue weighted by atomic mass is 16.6. The lowest BCUT2D eigenvalue weighted by Gasteiger charge is -2.07. The van der Waals surface area contributed by atoms with E-state index in [0.717, 1.165) is 18.7 Å². The van der Waals surface area contributed by atoms with Gasteiger partial charge >= 0.3 is 5.69 Å². The summed E-state index contributed by atoms with van der Waals surface area (Å²) in [7, 11) is 1.42. The fourth-order valence-electron chi connectivity index (χ4n) is 1.85. The standard InChI is InChI=1S/C13H16N4O3/c1-20-13-3-2-11(8-12(13)17(18)19)9-14-4-6-16-7-5-15-10-16/h2-3,5,7-8,10,14H,4,6,9H2,1H3. The first-order chi connectivity index (χ1) is 9.70. The Kier molecular flexibility index (Phi) is 4.67. The number of nitro groups is 1. The Morgan fingerprint density at radius 1 is 1.50 bits per heavy atom. The molecule has 0 saturated carbocycles. The number of nitro benzene ring substituents is 1. The first-order valence-electron chi connectivity index (χ1n) is 6.18. The summed E-state index contributed by atoms with van der Waals surface area (Å²) in [6.45, 7) is 2.13. The quantitative estimate of drug-likeness (QED) is 0.472. The third-order valence-corrected chi connectivity index (χ3v) is 2.88. The molecule has 0 saturated heterocycles. The highest BCUT2D eigenvalue weighted by Crippen LogP contribution is 2.27. The van der Waals surface area contributed by atoms with Crippen LogP contribution in [0.4, 0.5) is 5.69 Å². The van der Waals surface area contributed by atoms with Gasteiger partial charge in [-0.15, -0.1) is 0 Å². The van der Waals surface area contributed by atoms with Gasteiger partial charge in [0.1, 0.15) is 0 Å². The predicted octanol–water partition coefficient (Wildman–Crippen LogP) is 1.59. The number of benzene rings is 1. The van der Waals surface area contributed by atoms with E-state index in [-0.39, 0.29) is 11.4 Å². The van der Waals surface area contributed by atoms with Crippen molar-refractivity contribution in [3.05, 3.63) is 52.6 Å². The molecule has 0 unspecified atom stereocenters. The van der Waals surface area contributed by atoms with Gasteiger partial charge in [0.05, 0.1) is 18.4 Å². The number of aromatic nitrogens is 2. The van der Waals surface area contributed by atoms with Crippen LogP contribution < -0.4 is 10.1 Å². The van der Waals surface area contributed by atoms with Crippen molar-refractivity contribution in [1.29, 1.82) is 0 Å². The zero-order chi connectivity index (χ0) is 14.4. The normalized spacial score (nSPS) is 10.4. The van der Waals surface area contributed by atoms with Crippen LogP contribution in [-0.2, 0) is 13.1 Å². The number of rotatable bonds is 7. The number of imidazole rings is 1. The average Bonchev–Trinajstić information content (AvgIpc) is 2.96. The van der Waals surface area contributed by atoms with Crippen LogP contribution in [0.15, 0.2) is 36.9 Å². The summed E-state index contributed by atoms with van der Waals surface area (Å²) >= 11 is 0. The van der Waals surface area contributed by atoms with Crippen molar-refractivity contribution in [2.75, 3.05) is 13.7 Å². The molecule has 7 nitrogen and oxygen atoms in total. The van der Waals surface area contributed by atoms with E-state index in [1.807, 2.05) is 16.8 Å². The van der Waals surface area contributed by atoms with E-state index >= 15 is 0 Å². The molecule has 0 aliphatic rings. The Labute approximate surface area is 116 Å². The van der Waals surface area contributed by atoms with Crippen LogP contribution in [-0.4, -0.2) is 28.1 Å². The maximum absolute atomic E-state index is 10.9. The fourth-order valence-corrected chi connectivity index (χ4v) is 1.85. The summed E-state index contributed by atoms with van der Waals surface area (Å²) in [6, 6.07) is 4.96. The minimum absolute atomic E-state index is 0.0126. The molecule has 106 valence electrons. The van der Waals surface area contributed by atoms with E-state index in [2.05, 4.69) is 10.3 Å². The van der Waals surface area contributed by atoms with E-state index in [1.54, 1.807) is 18.6 Å². The third kappa shape index (κ3) is 3.55. The monoisotopic (exact) mass is 276 g/mol. The Bertz CT molecular complexity index is 569. The van der Waals surface area contributed by atoms with Crippen molar-refractivity contribution in [3.63, 3.8) is 0 Å². The molecule has 1 aromatic heterocycles. The molecule has 20 heavy (non-hydrogen) atoms. The largest absolute Gasteiger partial charge is 0.490 e. The summed E-state index contributed by atoms with van der Waals surface area (Å²) in [4.78, 5) is 14.4. The van der Waals surface area contributed by atoms with E-state index in [0.29, 0.717) is 6.54 Å². The third-order valence-electron chi connectivity index (χ3n) is 2.88. The second kappa shape index (κ2) is 6.67. The average molecular weight is 276 g/mol. The van der Waals surface area contributed by atoms with Crippen LogP contribution in [0.5, 0.6) is 5.75 Å². The first-order valence-corrected chi connectivity index (χ1v) is 6.18. The van der Waals surface area contributed by atoms with E-state index < -0.39 is 4.92 Å². The number of hydrogen-bond acceptors (Lipinski definition) is 5. The zero-order valence-electron chi connectivity index (χ0n) is 11.2. The second-order valence-electron chi connectivity index (χ2n) is 4.24. The molecular weight excluding hydrogens is 260 g/mol. The van der Waals surface area contributed by atoms with Gasteiger partial charge < -0.3 is 14.6 Å². The molecule has 0 amide bonds. The summed E-state index contributed by atoms with van der Waals surface area (Å²) in [6.07, 6.45) is 5.37. The number of nitrogens with one attached hydrogen (secondary N) is 1.